The van der Waals surface area contributed by atoms with Crippen molar-refractivity contribution in [2.24, 2.45) is 0 Å². The Morgan fingerprint density at radius 3 is 2.19 bits per heavy atom. The van der Waals surface area contributed by atoms with Crippen molar-refractivity contribution in [3.05, 3.63) is 88.1 Å². The minimum absolute atomic E-state index is 0.157. The van der Waals surface area contributed by atoms with Gasteiger partial charge in [0.15, 0.2) is 0 Å². The van der Waals surface area contributed by atoms with Gasteiger partial charge in [-0.2, -0.15) is 0 Å². The number of hydrogen-bond acceptors (Lipinski definition) is 3. The number of imidazole rings is 1. The molecule has 1 heterocycles. The number of benzene rings is 2. The number of nitrogens with one attached hydrogen (secondary N) is 1. The van der Waals surface area contributed by atoms with E-state index < -0.39 is 5.91 Å². The van der Waals surface area contributed by atoms with Gasteiger partial charge in [0.05, 0.1) is 12.2 Å². The predicted octanol–water partition coefficient (Wildman–Crippen LogP) is 2.90. The summed E-state index contributed by atoms with van der Waals surface area (Å²) in [5, 5.41) is 8.62. The zero-order valence-electron chi connectivity index (χ0n) is 15.6. The Morgan fingerprint density at radius 2 is 1.63 bits per heavy atom. The molecular weight excluding hydrogens is 449 g/mol. The summed E-state index contributed by atoms with van der Waals surface area (Å²) in [6, 6.07) is 14.4. The molecule has 6 nitrogen and oxygen atoms in total. The molecule has 3 rings (SSSR count). The van der Waals surface area contributed by atoms with E-state index in [1.54, 1.807) is 46.7 Å². The van der Waals surface area contributed by atoms with Crippen molar-refractivity contribution >= 4 is 27.0 Å². The second-order valence-electron chi connectivity index (χ2n) is 6.05. The number of rotatable bonds is 4. The molecule has 140 valence electrons. The number of hydroxylamine groups is 1. The van der Waals surface area contributed by atoms with Gasteiger partial charge in [-0.3, -0.25) is 19.1 Å². The monoisotopic (exact) mass is 473 g/mol. The average molecular weight is 472 g/mol. The van der Waals surface area contributed by atoms with Crippen LogP contribution in [0.5, 0.6) is 0 Å². The van der Waals surface area contributed by atoms with Gasteiger partial charge in [-0.15, -0.1) is 0 Å². The number of carbonyl (C=O) groups is 1. The summed E-state index contributed by atoms with van der Waals surface area (Å²) >= 11 is 0.230. The topological polar surface area (TPSA) is 76.3 Å². The van der Waals surface area contributed by atoms with Crippen LogP contribution in [0.4, 0.5) is 0 Å². The molecule has 2 N–H and O–H groups in total. The van der Waals surface area contributed by atoms with Crippen LogP contribution in [0.2, 0.25) is 9.88 Å². The van der Waals surface area contributed by atoms with Crippen LogP contribution in [0.3, 0.4) is 0 Å². The summed E-state index contributed by atoms with van der Waals surface area (Å²) in [6.45, 7) is 2.52. The summed E-state index contributed by atoms with van der Waals surface area (Å²) in [5.41, 5.74) is 4.61. The fourth-order valence-corrected chi connectivity index (χ4v) is 2.46. The SMILES string of the molecule is Cc1ccc(Cn2ccn(-c3ccc(C(=O)NO)cc3)c2=O)cc1.[CH3][Sn][CH3]. The van der Waals surface area contributed by atoms with Crippen molar-refractivity contribution in [3.8, 4) is 5.69 Å². The van der Waals surface area contributed by atoms with Gasteiger partial charge >= 0.3 is 36.7 Å². The van der Waals surface area contributed by atoms with Crippen molar-refractivity contribution in [2.45, 2.75) is 23.3 Å². The number of hydrogen-bond donors (Lipinski definition) is 2. The molecule has 27 heavy (non-hydrogen) atoms. The minimum atomic E-state index is -0.592. The van der Waals surface area contributed by atoms with Gasteiger partial charge in [0.1, 0.15) is 0 Å². The maximum atomic E-state index is 12.5. The van der Waals surface area contributed by atoms with E-state index in [9.17, 15) is 9.59 Å². The van der Waals surface area contributed by atoms with Crippen LogP contribution in [0.1, 0.15) is 21.5 Å². The van der Waals surface area contributed by atoms with Crippen LogP contribution >= 0.6 is 0 Å². The normalized spacial score (nSPS) is 10.1. The molecule has 0 saturated heterocycles. The van der Waals surface area contributed by atoms with Gasteiger partial charge in [-0.25, -0.2) is 10.3 Å². The van der Waals surface area contributed by atoms with Crippen LogP contribution in [-0.2, 0) is 6.54 Å². The van der Waals surface area contributed by atoms with Crippen molar-refractivity contribution in [2.75, 3.05) is 0 Å². The molecule has 0 saturated carbocycles. The fraction of sp³-hybridized carbons (Fsp3) is 0.200. The van der Waals surface area contributed by atoms with Gasteiger partial charge in [-0.1, -0.05) is 29.8 Å². The van der Waals surface area contributed by atoms with E-state index in [1.165, 1.54) is 10.1 Å². The van der Waals surface area contributed by atoms with Gasteiger partial charge in [0.2, 0.25) is 0 Å². The van der Waals surface area contributed by atoms with E-state index in [0.717, 1.165) is 5.56 Å². The molecule has 1 amide bonds. The molecule has 0 unspecified atom stereocenters. The molecule has 0 atom stereocenters. The van der Waals surface area contributed by atoms with Crippen LogP contribution < -0.4 is 11.2 Å². The van der Waals surface area contributed by atoms with Crippen molar-refractivity contribution in [3.63, 3.8) is 0 Å². The Labute approximate surface area is 168 Å². The van der Waals surface area contributed by atoms with E-state index in [4.69, 9.17) is 5.21 Å². The molecule has 2 radical (unpaired) electrons. The number of aromatic nitrogens is 2. The average Bonchev–Trinajstić information content (AvgIpc) is 3.04. The fourth-order valence-electron chi connectivity index (χ4n) is 2.46. The Balaban J connectivity index is 0.000000817. The second-order valence-corrected chi connectivity index (χ2v) is 8.91. The zero-order valence-corrected chi connectivity index (χ0v) is 18.5. The molecule has 3 aromatic rings. The third-order valence-corrected chi connectivity index (χ3v) is 3.83. The molecule has 0 aliphatic rings. The summed E-state index contributed by atoms with van der Waals surface area (Å²) < 4.78 is 3.13. The molecular formula is C20H23N3O3Sn. The standard InChI is InChI=1S/C18H17N3O3.2CH3.Sn/c1-13-2-4-14(5-3-13)12-20-10-11-21(18(20)23)16-8-6-15(7-9-16)17(22)19-24;;;/h2-11,24H,12H2,1H3,(H,19,22);2*1H3;. The number of nitrogens with zero attached hydrogens (tertiary/aromatic N) is 2. The second kappa shape index (κ2) is 10.1. The molecule has 0 aliphatic heterocycles. The first-order valence-electron chi connectivity index (χ1n) is 8.46. The number of amides is 1. The van der Waals surface area contributed by atoms with Crippen LogP contribution in [0.25, 0.3) is 5.69 Å². The van der Waals surface area contributed by atoms with E-state index in [0.29, 0.717) is 17.8 Å². The van der Waals surface area contributed by atoms with Gasteiger partial charge in [-0.05, 0) is 36.8 Å². The van der Waals surface area contributed by atoms with Crippen LogP contribution in [0.15, 0.2) is 65.7 Å². The first kappa shape index (κ1) is 21.0. The maximum absolute atomic E-state index is 12.5. The molecule has 0 spiro atoms. The van der Waals surface area contributed by atoms with E-state index in [-0.39, 0.29) is 26.8 Å². The molecule has 1 aromatic heterocycles. The van der Waals surface area contributed by atoms with Crippen LogP contribution in [0, 0.1) is 6.92 Å². The summed E-state index contributed by atoms with van der Waals surface area (Å²) in [4.78, 5) is 28.4. The van der Waals surface area contributed by atoms with Crippen molar-refractivity contribution < 1.29 is 10.0 Å². The van der Waals surface area contributed by atoms with E-state index in [2.05, 4.69) is 9.88 Å². The Hall–Kier alpha value is -2.32. The van der Waals surface area contributed by atoms with Gasteiger partial charge in [0, 0.05) is 18.0 Å². The Bertz CT molecular complexity index is 928. The molecule has 0 fully saturated rings. The first-order chi connectivity index (χ1) is 13.0. The molecule has 2 aromatic carbocycles. The summed E-state index contributed by atoms with van der Waals surface area (Å²) in [7, 11) is 0. The summed E-state index contributed by atoms with van der Waals surface area (Å²) in [6.07, 6.45) is 3.42. The molecule has 7 heteroatoms. The van der Waals surface area contributed by atoms with Gasteiger partial charge < -0.3 is 0 Å². The number of aryl methyl sites for hydroxylation is 1. The third-order valence-electron chi connectivity index (χ3n) is 3.83. The first-order valence-corrected chi connectivity index (χ1v) is 14.2. The van der Waals surface area contributed by atoms with Crippen molar-refractivity contribution in [1.82, 2.24) is 14.6 Å². The van der Waals surface area contributed by atoms with Gasteiger partial charge in [0.25, 0.3) is 5.91 Å². The van der Waals surface area contributed by atoms with Crippen molar-refractivity contribution in [1.29, 1.82) is 0 Å². The number of carbonyl (C=O) groups excluding carboxylic acids is 1. The van der Waals surface area contributed by atoms with Crippen LogP contribution in [-0.4, -0.2) is 41.4 Å². The van der Waals surface area contributed by atoms with E-state index in [1.807, 2.05) is 31.2 Å². The third kappa shape index (κ3) is 5.57. The quantitative estimate of drug-likeness (QED) is 0.349. The predicted molar refractivity (Wildman–Crippen MR) is 107 cm³/mol. The molecule has 0 bridgehead atoms. The Morgan fingerprint density at radius 1 is 1.04 bits per heavy atom. The zero-order chi connectivity index (χ0) is 19.8. The van der Waals surface area contributed by atoms with E-state index >= 15 is 0 Å². The Kier molecular flexibility index (Phi) is 7.87. The summed E-state index contributed by atoms with van der Waals surface area (Å²) in [5.74, 6) is -0.592. The molecule has 0 aliphatic carbocycles.